The van der Waals surface area contributed by atoms with Crippen LogP contribution >= 0.6 is 0 Å². The van der Waals surface area contributed by atoms with Gasteiger partial charge in [0.2, 0.25) is 0 Å². The summed E-state index contributed by atoms with van der Waals surface area (Å²) in [5, 5.41) is 21.1. The van der Waals surface area contributed by atoms with E-state index in [-0.39, 0.29) is 28.1 Å². The quantitative estimate of drug-likeness (QED) is 0.232. The molecule has 0 aliphatic carbocycles. The third-order valence-electron chi connectivity index (χ3n) is 5.08. The zero-order chi connectivity index (χ0) is 26.0. The summed E-state index contributed by atoms with van der Waals surface area (Å²) in [7, 11) is -3.80. The maximum Gasteiger partial charge on any atom is 0.263 e. The van der Waals surface area contributed by atoms with Crippen molar-refractivity contribution in [2.45, 2.75) is 37.7 Å². The average Bonchev–Trinajstić information content (AvgIpc) is 2.87. The van der Waals surface area contributed by atoms with Crippen LogP contribution in [0.15, 0.2) is 82.0 Å². The summed E-state index contributed by atoms with van der Waals surface area (Å²) in [4.78, 5) is 16.5. The lowest BCUT2D eigenvalue weighted by Crippen LogP contribution is -2.25. The van der Waals surface area contributed by atoms with E-state index in [1.165, 1.54) is 48.7 Å². The molecule has 11 heteroatoms. The number of rotatable bonds is 12. The molecular weight excluding hydrogens is 482 g/mol. The van der Waals surface area contributed by atoms with E-state index in [0.717, 1.165) is 12.8 Å². The van der Waals surface area contributed by atoms with Crippen molar-refractivity contribution in [2.24, 2.45) is 10.2 Å². The zero-order valence-electron chi connectivity index (χ0n) is 20.1. The second-order valence-corrected chi connectivity index (χ2v) is 9.56. The van der Waals surface area contributed by atoms with E-state index >= 15 is 0 Å². The van der Waals surface area contributed by atoms with E-state index in [0.29, 0.717) is 24.5 Å². The minimum Gasteiger partial charge on any atom is -0.507 e. The van der Waals surface area contributed by atoms with E-state index < -0.39 is 15.9 Å². The van der Waals surface area contributed by atoms with Crippen molar-refractivity contribution in [3.8, 4) is 5.75 Å². The molecular formula is C25H29N5O5S. The number of sulfonamides is 1. The number of aromatic nitrogens is 1. The van der Waals surface area contributed by atoms with Gasteiger partial charge < -0.3 is 15.2 Å². The third-order valence-corrected chi connectivity index (χ3v) is 6.45. The van der Waals surface area contributed by atoms with Crippen molar-refractivity contribution in [1.82, 2.24) is 10.3 Å². The highest BCUT2D eigenvalue weighted by Gasteiger charge is 2.15. The van der Waals surface area contributed by atoms with Gasteiger partial charge in [0.05, 0.1) is 27.9 Å². The summed E-state index contributed by atoms with van der Waals surface area (Å²) < 4.78 is 32.9. The molecule has 0 spiro atoms. The van der Waals surface area contributed by atoms with Crippen LogP contribution in [0.2, 0.25) is 0 Å². The molecule has 1 amide bonds. The number of aromatic hydroxyl groups is 1. The number of hydrogen-bond acceptors (Lipinski definition) is 8. The van der Waals surface area contributed by atoms with Gasteiger partial charge in [-0.1, -0.05) is 6.07 Å². The number of phenolic OH excluding ortho intramolecular Hbond substituents is 1. The second-order valence-electron chi connectivity index (χ2n) is 7.88. The van der Waals surface area contributed by atoms with Crippen LogP contribution in [0, 0.1) is 0 Å². The number of amides is 1. The number of benzene rings is 2. The van der Waals surface area contributed by atoms with Crippen LogP contribution in [-0.2, 0) is 14.8 Å². The molecule has 1 atom stereocenters. The van der Waals surface area contributed by atoms with Crippen LogP contribution in [0.5, 0.6) is 5.75 Å². The fraction of sp³-hybridized carbons (Fsp3) is 0.280. The van der Waals surface area contributed by atoms with Crippen LogP contribution in [0.3, 0.4) is 0 Å². The van der Waals surface area contributed by atoms with Crippen molar-refractivity contribution in [2.75, 3.05) is 17.9 Å². The number of hydrogen-bond donors (Lipinski definition) is 3. The minimum atomic E-state index is -3.80. The van der Waals surface area contributed by atoms with Gasteiger partial charge in [0.15, 0.2) is 0 Å². The molecule has 0 saturated heterocycles. The first-order chi connectivity index (χ1) is 17.3. The van der Waals surface area contributed by atoms with Crippen LogP contribution in [0.1, 0.15) is 37.0 Å². The van der Waals surface area contributed by atoms with Gasteiger partial charge in [-0.25, -0.2) is 13.4 Å². The average molecular weight is 512 g/mol. The summed E-state index contributed by atoms with van der Waals surface area (Å²) in [5.74, 6) is -0.360. The van der Waals surface area contributed by atoms with Crippen molar-refractivity contribution < 1.29 is 23.1 Å². The van der Waals surface area contributed by atoms with Gasteiger partial charge in [0, 0.05) is 19.3 Å². The lowest BCUT2D eigenvalue weighted by Gasteiger charge is -2.12. The van der Waals surface area contributed by atoms with Gasteiger partial charge in [-0.05, 0) is 81.3 Å². The number of phenols is 1. The van der Waals surface area contributed by atoms with Crippen molar-refractivity contribution in [1.29, 1.82) is 0 Å². The fourth-order valence-corrected chi connectivity index (χ4v) is 4.26. The molecule has 0 fully saturated rings. The van der Waals surface area contributed by atoms with Gasteiger partial charge >= 0.3 is 0 Å². The Morgan fingerprint density at radius 1 is 1.08 bits per heavy atom. The van der Waals surface area contributed by atoms with Crippen molar-refractivity contribution >= 4 is 33.1 Å². The van der Waals surface area contributed by atoms with Gasteiger partial charge in [-0.15, -0.1) is 0 Å². The highest BCUT2D eigenvalue weighted by atomic mass is 32.2. The Hall–Kier alpha value is -3.83. The second kappa shape index (κ2) is 12.8. The molecule has 1 heterocycles. The Morgan fingerprint density at radius 3 is 2.50 bits per heavy atom. The third kappa shape index (κ3) is 7.85. The molecule has 1 unspecified atom stereocenters. The number of ether oxygens (including phenoxy) is 1. The predicted molar refractivity (Wildman–Crippen MR) is 136 cm³/mol. The number of azo groups is 1. The SMILES string of the molecule is CCOC(C)CCCNC(=O)c1cc(N=Nc2ccc(S(=O)(=O)Nc3ccccn3)cc2)ccc1O. The first-order valence-corrected chi connectivity index (χ1v) is 13.0. The molecule has 0 bridgehead atoms. The minimum absolute atomic E-state index is 0.0475. The van der Waals surface area contributed by atoms with E-state index in [1.807, 2.05) is 13.8 Å². The molecule has 190 valence electrons. The standard InChI is InChI=1S/C25H29N5O5S/c1-3-35-18(2)7-6-16-27-25(32)22-17-20(11-14-23(22)31)29-28-19-9-12-21(13-10-19)36(33,34)30-24-8-4-5-15-26-24/h4-5,8-15,17-18,31H,3,6-7,16H2,1-2H3,(H,26,30)(H,27,32). The highest BCUT2D eigenvalue weighted by molar-refractivity contribution is 7.92. The van der Waals surface area contributed by atoms with E-state index in [2.05, 4.69) is 25.3 Å². The maximum atomic E-state index is 12.5. The van der Waals surface area contributed by atoms with Crippen LogP contribution < -0.4 is 10.0 Å². The van der Waals surface area contributed by atoms with Gasteiger partial charge in [-0.2, -0.15) is 10.2 Å². The van der Waals surface area contributed by atoms with E-state index in [1.54, 1.807) is 18.2 Å². The number of nitrogens with one attached hydrogen (secondary N) is 2. The monoisotopic (exact) mass is 511 g/mol. The first-order valence-electron chi connectivity index (χ1n) is 11.5. The van der Waals surface area contributed by atoms with E-state index in [9.17, 15) is 18.3 Å². The van der Waals surface area contributed by atoms with Crippen LogP contribution in [0.25, 0.3) is 0 Å². The normalized spacial score (nSPS) is 12.4. The summed E-state index contributed by atoms with van der Waals surface area (Å²) >= 11 is 0. The van der Waals surface area contributed by atoms with Gasteiger partial charge in [0.1, 0.15) is 11.6 Å². The summed E-state index contributed by atoms with van der Waals surface area (Å²) in [6.07, 6.45) is 3.17. The lowest BCUT2D eigenvalue weighted by molar-refractivity contribution is 0.0683. The van der Waals surface area contributed by atoms with Crippen molar-refractivity contribution in [3.05, 3.63) is 72.4 Å². The Labute approximate surface area is 210 Å². The molecule has 0 saturated carbocycles. The summed E-state index contributed by atoms with van der Waals surface area (Å²) in [5.41, 5.74) is 0.858. The molecule has 3 aromatic rings. The zero-order valence-corrected chi connectivity index (χ0v) is 20.9. The molecule has 3 rings (SSSR count). The summed E-state index contributed by atoms with van der Waals surface area (Å²) in [6.45, 7) is 5.02. The fourth-order valence-electron chi connectivity index (χ4n) is 3.25. The Bertz CT molecular complexity index is 1280. The molecule has 36 heavy (non-hydrogen) atoms. The van der Waals surface area contributed by atoms with Crippen LogP contribution in [0.4, 0.5) is 17.2 Å². The number of anilines is 1. The molecule has 0 aliphatic heterocycles. The molecule has 0 aliphatic rings. The number of carbonyl (C=O) groups is 1. The summed E-state index contributed by atoms with van der Waals surface area (Å²) in [6, 6.07) is 15.1. The lowest BCUT2D eigenvalue weighted by atomic mass is 10.1. The Kier molecular flexibility index (Phi) is 9.48. The Balaban J connectivity index is 1.61. The number of carbonyl (C=O) groups excluding carboxylic acids is 1. The van der Waals surface area contributed by atoms with Gasteiger partial charge in [-0.3, -0.25) is 9.52 Å². The molecule has 2 aromatic carbocycles. The van der Waals surface area contributed by atoms with Crippen molar-refractivity contribution in [3.63, 3.8) is 0 Å². The van der Waals surface area contributed by atoms with E-state index in [4.69, 9.17) is 4.74 Å². The molecule has 1 aromatic heterocycles. The topological polar surface area (TPSA) is 142 Å². The maximum absolute atomic E-state index is 12.5. The highest BCUT2D eigenvalue weighted by Crippen LogP contribution is 2.26. The Morgan fingerprint density at radius 2 is 1.81 bits per heavy atom. The number of pyridine rings is 1. The molecule has 0 radical (unpaired) electrons. The largest absolute Gasteiger partial charge is 0.507 e. The van der Waals surface area contributed by atoms with Crippen LogP contribution in [-0.4, -0.2) is 43.7 Å². The predicted octanol–water partition coefficient (Wildman–Crippen LogP) is 4.94. The molecule has 3 N–H and O–H groups in total. The molecule has 10 nitrogen and oxygen atoms in total. The number of nitrogens with zero attached hydrogens (tertiary/aromatic N) is 3. The first kappa shape index (κ1) is 26.8. The van der Waals surface area contributed by atoms with Gasteiger partial charge in [0.25, 0.3) is 15.9 Å². The smallest absolute Gasteiger partial charge is 0.263 e.